The Kier molecular flexibility index (Phi) is 6.16. The van der Waals surface area contributed by atoms with E-state index in [1.807, 2.05) is 31.2 Å². The van der Waals surface area contributed by atoms with E-state index < -0.39 is 6.04 Å². The minimum atomic E-state index is -0.473. The normalized spacial score (nSPS) is 11.7. The molecule has 0 aliphatic heterocycles. The minimum absolute atomic E-state index is 0.140. The summed E-state index contributed by atoms with van der Waals surface area (Å²) in [4.78, 5) is 16.5. The molecule has 0 radical (unpaired) electrons. The van der Waals surface area contributed by atoms with Gasteiger partial charge >= 0.3 is 0 Å². The lowest BCUT2D eigenvalue weighted by Crippen LogP contribution is -2.31. The van der Waals surface area contributed by atoms with E-state index in [4.69, 9.17) is 25.6 Å². The molecular formula is C20H20ClN3O4. The topological polar surface area (TPSA) is 86.5 Å². The number of nitrogens with zero attached hydrogens (tertiary/aromatic N) is 2. The molecule has 7 nitrogen and oxygen atoms in total. The highest BCUT2D eigenvalue weighted by Crippen LogP contribution is 2.28. The van der Waals surface area contributed by atoms with Gasteiger partial charge in [-0.3, -0.25) is 4.79 Å². The van der Waals surface area contributed by atoms with E-state index in [1.165, 1.54) is 0 Å². The van der Waals surface area contributed by atoms with Crippen molar-refractivity contribution in [2.24, 2.45) is 0 Å². The van der Waals surface area contributed by atoms with Crippen LogP contribution in [0.2, 0.25) is 5.02 Å². The summed E-state index contributed by atoms with van der Waals surface area (Å²) in [6.45, 7) is 3.48. The van der Waals surface area contributed by atoms with Gasteiger partial charge in [0.1, 0.15) is 17.5 Å². The summed E-state index contributed by atoms with van der Waals surface area (Å²) in [6, 6.07) is 12.1. The van der Waals surface area contributed by atoms with Crippen molar-refractivity contribution >= 4 is 17.5 Å². The van der Waals surface area contributed by atoms with Crippen LogP contribution in [0.4, 0.5) is 0 Å². The fourth-order valence-electron chi connectivity index (χ4n) is 2.55. The van der Waals surface area contributed by atoms with E-state index in [1.54, 1.807) is 32.2 Å². The van der Waals surface area contributed by atoms with Crippen molar-refractivity contribution in [3.63, 3.8) is 0 Å². The minimum Gasteiger partial charge on any atom is -0.496 e. The molecular weight excluding hydrogens is 382 g/mol. The summed E-state index contributed by atoms with van der Waals surface area (Å²) in [7, 11) is 1.57. The Morgan fingerprint density at radius 2 is 2.07 bits per heavy atom. The van der Waals surface area contributed by atoms with Crippen molar-refractivity contribution in [2.45, 2.75) is 19.9 Å². The zero-order valence-electron chi connectivity index (χ0n) is 15.7. The number of hydrogen-bond acceptors (Lipinski definition) is 6. The fraction of sp³-hybridized carbons (Fsp3) is 0.250. The van der Waals surface area contributed by atoms with Crippen molar-refractivity contribution < 1.29 is 18.8 Å². The van der Waals surface area contributed by atoms with E-state index in [0.717, 1.165) is 5.56 Å². The molecule has 1 aromatic heterocycles. The molecule has 146 valence electrons. The van der Waals surface area contributed by atoms with E-state index in [2.05, 4.69) is 15.5 Å². The molecule has 1 amide bonds. The zero-order valence-corrected chi connectivity index (χ0v) is 16.5. The van der Waals surface area contributed by atoms with E-state index in [9.17, 15) is 4.79 Å². The van der Waals surface area contributed by atoms with Gasteiger partial charge in [-0.05, 0) is 49.7 Å². The first-order valence-corrected chi connectivity index (χ1v) is 9.01. The average Bonchev–Trinajstić information content (AvgIpc) is 3.19. The second-order valence-electron chi connectivity index (χ2n) is 6.15. The number of carbonyl (C=O) groups is 1. The fourth-order valence-corrected chi connectivity index (χ4v) is 2.67. The first-order chi connectivity index (χ1) is 13.5. The lowest BCUT2D eigenvalue weighted by molar-refractivity contribution is -0.123. The van der Waals surface area contributed by atoms with E-state index in [-0.39, 0.29) is 18.4 Å². The number of methoxy groups -OCH3 is 1. The second kappa shape index (κ2) is 8.75. The number of ether oxygens (including phenoxy) is 2. The molecule has 0 saturated carbocycles. The third kappa shape index (κ3) is 4.61. The SMILES string of the molecule is COc1ccccc1-c1noc([C@@H](C)NC(=O)COc2ccc(Cl)c(C)c2)n1. The molecule has 0 unspecified atom stereocenters. The number of hydrogen-bond donors (Lipinski definition) is 1. The third-order valence-electron chi connectivity index (χ3n) is 4.04. The highest BCUT2D eigenvalue weighted by Gasteiger charge is 2.19. The van der Waals surface area contributed by atoms with Crippen LogP contribution in [0.1, 0.15) is 24.4 Å². The number of rotatable bonds is 7. The standard InChI is InChI=1S/C20H20ClN3O4/c1-12-10-14(8-9-16(12)21)27-11-18(25)22-13(2)20-23-19(24-28-20)15-6-4-5-7-17(15)26-3/h4-10,13H,11H2,1-3H3,(H,22,25)/t13-/m1/s1. The van der Waals surface area contributed by atoms with Gasteiger partial charge in [-0.1, -0.05) is 28.9 Å². The van der Waals surface area contributed by atoms with Gasteiger partial charge in [0.25, 0.3) is 5.91 Å². The van der Waals surface area contributed by atoms with Crippen LogP contribution in [0, 0.1) is 6.92 Å². The van der Waals surface area contributed by atoms with Gasteiger partial charge < -0.3 is 19.3 Å². The van der Waals surface area contributed by atoms with E-state index in [0.29, 0.717) is 27.9 Å². The molecule has 0 spiro atoms. The van der Waals surface area contributed by atoms with Crippen LogP contribution in [0.25, 0.3) is 11.4 Å². The van der Waals surface area contributed by atoms with Gasteiger partial charge in [0, 0.05) is 5.02 Å². The molecule has 8 heteroatoms. The molecule has 28 heavy (non-hydrogen) atoms. The molecule has 0 bridgehead atoms. The van der Waals surface area contributed by atoms with Crippen molar-refractivity contribution in [3.8, 4) is 22.9 Å². The summed E-state index contributed by atoms with van der Waals surface area (Å²) >= 11 is 5.98. The average molecular weight is 402 g/mol. The van der Waals surface area contributed by atoms with Gasteiger partial charge in [-0.2, -0.15) is 4.98 Å². The van der Waals surface area contributed by atoms with Gasteiger partial charge in [0.15, 0.2) is 6.61 Å². The molecule has 0 aliphatic rings. The monoisotopic (exact) mass is 401 g/mol. The lowest BCUT2D eigenvalue weighted by atomic mass is 10.2. The lowest BCUT2D eigenvalue weighted by Gasteiger charge is -2.11. The number of amides is 1. The van der Waals surface area contributed by atoms with Gasteiger partial charge in [-0.15, -0.1) is 0 Å². The Morgan fingerprint density at radius 1 is 1.29 bits per heavy atom. The van der Waals surface area contributed by atoms with Crippen LogP contribution in [0.5, 0.6) is 11.5 Å². The van der Waals surface area contributed by atoms with Crippen molar-refractivity contribution in [2.75, 3.05) is 13.7 Å². The molecule has 0 aliphatic carbocycles. The largest absolute Gasteiger partial charge is 0.496 e. The molecule has 1 N–H and O–H groups in total. The van der Waals surface area contributed by atoms with Crippen LogP contribution in [0.15, 0.2) is 47.0 Å². The van der Waals surface area contributed by atoms with Gasteiger partial charge in [-0.25, -0.2) is 0 Å². The molecule has 1 atom stereocenters. The number of nitrogens with one attached hydrogen (secondary N) is 1. The van der Waals surface area contributed by atoms with Gasteiger partial charge in [0.05, 0.1) is 12.7 Å². The maximum Gasteiger partial charge on any atom is 0.258 e. The summed E-state index contributed by atoms with van der Waals surface area (Å²) in [5, 5.41) is 7.39. The van der Waals surface area contributed by atoms with Crippen LogP contribution in [0.3, 0.4) is 0 Å². The Morgan fingerprint density at radius 3 is 2.82 bits per heavy atom. The van der Waals surface area contributed by atoms with Crippen LogP contribution >= 0.6 is 11.6 Å². The summed E-state index contributed by atoms with van der Waals surface area (Å²) in [5.74, 6) is 1.58. The smallest absolute Gasteiger partial charge is 0.258 e. The summed E-state index contributed by atoms with van der Waals surface area (Å²) < 4.78 is 16.1. The number of aryl methyl sites for hydroxylation is 1. The number of aromatic nitrogens is 2. The van der Waals surface area contributed by atoms with Crippen molar-refractivity contribution in [1.82, 2.24) is 15.5 Å². The maximum absolute atomic E-state index is 12.2. The quantitative estimate of drug-likeness (QED) is 0.644. The van der Waals surface area contributed by atoms with Crippen LogP contribution in [-0.4, -0.2) is 29.8 Å². The Bertz CT molecular complexity index is 974. The summed E-state index contributed by atoms with van der Waals surface area (Å²) in [6.07, 6.45) is 0. The Balaban J connectivity index is 1.60. The Hall–Kier alpha value is -3.06. The van der Waals surface area contributed by atoms with Crippen molar-refractivity contribution in [3.05, 3.63) is 58.9 Å². The predicted molar refractivity (Wildman–Crippen MR) is 105 cm³/mol. The van der Waals surface area contributed by atoms with Crippen LogP contribution in [-0.2, 0) is 4.79 Å². The molecule has 3 rings (SSSR count). The number of benzene rings is 2. The first kappa shape index (κ1) is 19.7. The molecule has 1 heterocycles. The summed E-state index contributed by atoms with van der Waals surface area (Å²) in [5.41, 5.74) is 1.59. The predicted octanol–water partition coefficient (Wildman–Crippen LogP) is 3.96. The molecule has 0 saturated heterocycles. The molecule has 3 aromatic rings. The number of halogens is 1. The van der Waals surface area contributed by atoms with Crippen molar-refractivity contribution in [1.29, 1.82) is 0 Å². The highest BCUT2D eigenvalue weighted by molar-refractivity contribution is 6.31. The molecule has 2 aromatic carbocycles. The van der Waals surface area contributed by atoms with Gasteiger partial charge in [0.2, 0.25) is 11.7 Å². The number of para-hydroxylation sites is 1. The highest BCUT2D eigenvalue weighted by atomic mass is 35.5. The Labute approximate surface area is 167 Å². The zero-order chi connectivity index (χ0) is 20.1. The second-order valence-corrected chi connectivity index (χ2v) is 6.55. The molecule has 0 fully saturated rings. The first-order valence-electron chi connectivity index (χ1n) is 8.63. The maximum atomic E-state index is 12.2. The number of carbonyl (C=O) groups excluding carboxylic acids is 1. The van der Waals surface area contributed by atoms with Crippen LogP contribution < -0.4 is 14.8 Å². The van der Waals surface area contributed by atoms with E-state index >= 15 is 0 Å². The third-order valence-corrected chi connectivity index (χ3v) is 4.46.